The Morgan fingerprint density at radius 1 is 1.18 bits per heavy atom. The maximum Gasteiger partial charge on any atom is 0.337 e. The van der Waals surface area contributed by atoms with Crippen LogP contribution in [0.5, 0.6) is 5.75 Å². The summed E-state index contributed by atoms with van der Waals surface area (Å²) in [6, 6.07) is 14.1. The molecule has 1 atom stereocenters. The average molecular weight is 484 g/mol. The number of nitrogens with one attached hydrogen (secondary N) is 1. The first-order chi connectivity index (χ1) is 16.3. The first kappa shape index (κ1) is 23.5. The molecule has 0 saturated carbocycles. The van der Waals surface area contributed by atoms with Crippen LogP contribution in [0.3, 0.4) is 0 Å². The molecule has 1 fully saturated rings. The van der Waals surface area contributed by atoms with Crippen molar-refractivity contribution < 1.29 is 23.5 Å². The SMILES string of the molecule is COC(=O)c1ccc([C@H](C)NC(=O)c2cc(Cl)cnc2N2CC(Oc3cccc(F)c3)C2)cc1. The highest BCUT2D eigenvalue weighted by Crippen LogP contribution is 2.28. The van der Waals surface area contributed by atoms with Gasteiger partial charge in [0.05, 0.1) is 42.4 Å². The zero-order valence-electron chi connectivity index (χ0n) is 18.6. The summed E-state index contributed by atoms with van der Waals surface area (Å²) in [4.78, 5) is 31.0. The second-order valence-corrected chi connectivity index (χ2v) is 8.37. The molecule has 2 heterocycles. The summed E-state index contributed by atoms with van der Waals surface area (Å²) in [6.45, 7) is 2.83. The third-order valence-corrected chi connectivity index (χ3v) is 5.71. The number of pyridine rings is 1. The summed E-state index contributed by atoms with van der Waals surface area (Å²) in [5.74, 6) is -0.162. The summed E-state index contributed by atoms with van der Waals surface area (Å²) in [7, 11) is 1.32. The van der Waals surface area contributed by atoms with Crippen LogP contribution in [0, 0.1) is 5.82 Å². The number of benzene rings is 2. The third-order valence-electron chi connectivity index (χ3n) is 5.50. The second-order valence-electron chi connectivity index (χ2n) is 7.94. The molecule has 2 aromatic carbocycles. The van der Waals surface area contributed by atoms with Gasteiger partial charge >= 0.3 is 5.97 Å². The highest BCUT2D eigenvalue weighted by molar-refractivity contribution is 6.31. The number of hydrogen-bond donors (Lipinski definition) is 1. The normalized spacial score (nSPS) is 14.2. The molecule has 176 valence electrons. The van der Waals surface area contributed by atoms with Crippen LogP contribution in [-0.2, 0) is 4.74 Å². The van der Waals surface area contributed by atoms with Crippen molar-refractivity contribution >= 4 is 29.3 Å². The number of rotatable bonds is 7. The lowest BCUT2D eigenvalue weighted by molar-refractivity contribution is 0.0600. The average Bonchev–Trinajstić information content (AvgIpc) is 2.81. The molecule has 0 radical (unpaired) electrons. The van der Waals surface area contributed by atoms with Crippen molar-refractivity contribution in [2.24, 2.45) is 0 Å². The van der Waals surface area contributed by atoms with Gasteiger partial charge in [-0.1, -0.05) is 29.8 Å². The second kappa shape index (κ2) is 10.1. The van der Waals surface area contributed by atoms with Crippen LogP contribution in [0.15, 0.2) is 60.8 Å². The molecule has 1 amide bonds. The minimum atomic E-state index is -0.424. The molecule has 4 rings (SSSR count). The molecule has 9 heteroatoms. The summed E-state index contributed by atoms with van der Waals surface area (Å²) >= 11 is 6.13. The van der Waals surface area contributed by atoms with E-state index in [1.807, 2.05) is 11.8 Å². The van der Waals surface area contributed by atoms with Crippen LogP contribution in [0.1, 0.15) is 39.2 Å². The molecule has 1 saturated heterocycles. The number of aromatic nitrogens is 1. The Hall–Kier alpha value is -3.65. The molecule has 0 bridgehead atoms. The van der Waals surface area contributed by atoms with Crippen LogP contribution in [0.25, 0.3) is 0 Å². The molecule has 1 aliphatic heterocycles. The highest BCUT2D eigenvalue weighted by atomic mass is 35.5. The molecule has 0 aliphatic carbocycles. The van der Waals surface area contributed by atoms with Gasteiger partial charge in [0.25, 0.3) is 5.91 Å². The van der Waals surface area contributed by atoms with Crippen molar-refractivity contribution in [1.82, 2.24) is 10.3 Å². The van der Waals surface area contributed by atoms with E-state index in [9.17, 15) is 14.0 Å². The van der Waals surface area contributed by atoms with Crippen molar-refractivity contribution in [2.75, 3.05) is 25.1 Å². The maximum atomic E-state index is 13.4. The monoisotopic (exact) mass is 483 g/mol. The number of amides is 1. The molecular formula is C25H23ClFN3O4. The lowest BCUT2D eigenvalue weighted by Crippen LogP contribution is -2.54. The van der Waals surface area contributed by atoms with Gasteiger partial charge in [-0.3, -0.25) is 4.79 Å². The first-order valence-electron chi connectivity index (χ1n) is 10.7. The molecule has 3 aromatic rings. The fourth-order valence-electron chi connectivity index (χ4n) is 3.65. The molecule has 0 spiro atoms. The van der Waals surface area contributed by atoms with Crippen LogP contribution < -0.4 is 15.0 Å². The number of esters is 1. The van der Waals surface area contributed by atoms with E-state index in [1.165, 1.54) is 25.4 Å². The number of hydrogen-bond acceptors (Lipinski definition) is 6. The maximum absolute atomic E-state index is 13.4. The van der Waals surface area contributed by atoms with Crippen molar-refractivity contribution in [3.8, 4) is 5.75 Å². The Bertz CT molecular complexity index is 1200. The molecular weight excluding hydrogens is 461 g/mol. The van der Waals surface area contributed by atoms with Gasteiger partial charge in [-0.2, -0.15) is 0 Å². The number of carbonyl (C=O) groups excluding carboxylic acids is 2. The summed E-state index contributed by atoms with van der Waals surface area (Å²) in [5, 5.41) is 3.29. The van der Waals surface area contributed by atoms with Crippen molar-refractivity contribution in [1.29, 1.82) is 0 Å². The standard InChI is InChI=1S/C25H23ClFN3O4/c1-15(16-6-8-17(9-7-16)25(32)33-2)29-24(31)22-10-18(26)12-28-23(22)30-13-21(14-30)34-20-5-3-4-19(27)11-20/h3-12,15,21H,13-14H2,1-2H3,(H,29,31)/t15-/m0/s1. The largest absolute Gasteiger partial charge is 0.487 e. The van der Waals surface area contributed by atoms with E-state index < -0.39 is 5.97 Å². The summed E-state index contributed by atoms with van der Waals surface area (Å²) in [6.07, 6.45) is 1.34. The minimum absolute atomic E-state index is 0.151. The number of carbonyl (C=O) groups is 2. The Morgan fingerprint density at radius 2 is 1.91 bits per heavy atom. The summed E-state index contributed by atoms with van der Waals surface area (Å²) < 4.78 is 23.9. The molecule has 0 unspecified atom stereocenters. The predicted octanol–water partition coefficient (Wildman–Crippen LogP) is 4.42. The van der Waals surface area contributed by atoms with Crippen LogP contribution >= 0.6 is 11.6 Å². The van der Waals surface area contributed by atoms with Crippen molar-refractivity contribution in [3.63, 3.8) is 0 Å². The van der Waals surface area contributed by atoms with Gasteiger partial charge in [-0.25, -0.2) is 14.2 Å². The first-order valence-corrected chi connectivity index (χ1v) is 11.0. The lowest BCUT2D eigenvalue weighted by Gasteiger charge is -2.40. The predicted molar refractivity (Wildman–Crippen MR) is 126 cm³/mol. The van der Waals surface area contributed by atoms with Gasteiger partial charge in [0.15, 0.2) is 0 Å². The van der Waals surface area contributed by atoms with Crippen LogP contribution in [0.2, 0.25) is 5.02 Å². The van der Waals surface area contributed by atoms with Gasteiger partial charge in [0.1, 0.15) is 23.5 Å². The smallest absolute Gasteiger partial charge is 0.337 e. The van der Waals surface area contributed by atoms with Gasteiger partial charge in [0, 0.05) is 12.3 Å². The quantitative estimate of drug-likeness (QED) is 0.501. The van der Waals surface area contributed by atoms with E-state index in [0.717, 1.165) is 5.56 Å². The van der Waals surface area contributed by atoms with Gasteiger partial charge < -0.3 is 19.7 Å². The summed E-state index contributed by atoms with van der Waals surface area (Å²) in [5.41, 5.74) is 1.60. The topological polar surface area (TPSA) is 80.8 Å². The third kappa shape index (κ3) is 5.28. The molecule has 1 N–H and O–H groups in total. The highest BCUT2D eigenvalue weighted by Gasteiger charge is 2.32. The van der Waals surface area contributed by atoms with Crippen LogP contribution in [-0.4, -0.2) is 43.2 Å². The van der Waals surface area contributed by atoms with Crippen LogP contribution in [0.4, 0.5) is 10.2 Å². The fourth-order valence-corrected chi connectivity index (χ4v) is 3.81. The van der Waals surface area contributed by atoms with E-state index in [2.05, 4.69) is 10.3 Å². The lowest BCUT2D eigenvalue weighted by atomic mass is 10.0. The van der Waals surface area contributed by atoms with Gasteiger partial charge in [0.2, 0.25) is 0 Å². The minimum Gasteiger partial charge on any atom is -0.487 e. The number of halogens is 2. The molecule has 1 aliphatic rings. The zero-order chi connectivity index (χ0) is 24.2. The van der Waals surface area contributed by atoms with Crippen molar-refractivity contribution in [2.45, 2.75) is 19.1 Å². The Labute approximate surface area is 201 Å². The van der Waals surface area contributed by atoms with Gasteiger partial charge in [-0.15, -0.1) is 0 Å². The number of methoxy groups -OCH3 is 1. The Balaban J connectivity index is 1.42. The Kier molecular flexibility index (Phi) is 6.98. The van der Waals surface area contributed by atoms with Crippen molar-refractivity contribution in [3.05, 3.63) is 88.3 Å². The number of ether oxygens (including phenoxy) is 2. The van der Waals surface area contributed by atoms with E-state index in [-0.39, 0.29) is 23.9 Å². The van der Waals surface area contributed by atoms with E-state index in [0.29, 0.717) is 40.8 Å². The molecule has 1 aromatic heterocycles. The number of nitrogens with zero attached hydrogens (tertiary/aromatic N) is 2. The van der Waals surface area contributed by atoms with E-state index in [1.54, 1.807) is 42.5 Å². The van der Waals surface area contributed by atoms with Gasteiger partial charge in [-0.05, 0) is 42.8 Å². The fraction of sp³-hybridized carbons (Fsp3) is 0.240. The Morgan fingerprint density at radius 3 is 2.59 bits per heavy atom. The van der Waals surface area contributed by atoms with E-state index in [4.69, 9.17) is 21.1 Å². The number of anilines is 1. The zero-order valence-corrected chi connectivity index (χ0v) is 19.4. The van der Waals surface area contributed by atoms with E-state index >= 15 is 0 Å². The molecule has 34 heavy (non-hydrogen) atoms. The molecule has 7 nitrogen and oxygen atoms in total.